The lowest BCUT2D eigenvalue weighted by Crippen LogP contribution is -2.56. The molecule has 5 heteroatoms. The minimum atomic E-state index is -0.747. The second kappa shape index (κ2) is 5.61. The second-order valence-corrected chi connectivity index (χ2v) is 5.54. The highest BCUT2D eigenvalue weighted by atomic mass is 32.2. The molecule has 15 heavy (non-hydrogen) atoms. The van der Waals surface area contributed by atoms with Crippen LogP contribution in [0.2, 0.25) is 0 Å². The summed E-state index contributed by atoms with van der Waals surface area (Å²) in [5.74, 6) is 0.552. The van der Waals surface area contributed by atoms with Gasteiger partial charge in [-0.15, -0.1) is 0 Å². The summed E-state index contributed by atoms with van der Waals surface area (Å²) in [6, 6.07) is 0.238. The van der Waals surface area contributed by atoms with Crippen molar-refractivity contribution in [1.29, 1.82) is 0 Å². The van der Waals surface area contributed by atoms with Crippen molar-refractivity contribution in [2.24, 2.45) is 0 Å². The molecule has 0 N–H and O–H groups in total. The summed E-state index contributed by atoms with van der Waals surface area (Å²) in [4.78, 5) is 13.4. The van der Waals surface area contributed by atoms with E-state index in [1.807, 2.05) is 0 Å². The zero-order valence-corrected chi connectivity index (χ0v) is 10.4. The van der Waals surface area contributed by atoms with Gasteiger partial charge in [0.15, 0.2) is 0 Å². The number of carbonyl (C=O) groups is 1. The van der Waals surface area contributed by atoms with Gasteiger partial charge in [0, 0.05) is 35.4 Å². The minimum absolute atomic E-state index is 0.0738. The molecular weight excluding hydrogens is 214 g/mol. The first-order valence-corrected chi connectivity index (χ1v) is 6.92. The van der Waals surface area contributed by atoms with E-state index >= 15 is 0 Å². The Bertz CT molecular complexity index is 257. The number of hydrogen-bond donors (Lipinski definition) is 0. The zero-order valence-electron chi connectivity index (χ0n) is 9.56. The summed E-state index contributed by atoms with van der Waals surface area (Å²) in [7, 11) is 0.674. The molecule has 0 aromatic rings. The first-order valence-electron chi connectivity index (χ1n) is 5.20. The molecule has 0 aromatic carbocycles. The highest BCUT2D eigenvalue weighted by Crippen LogP contribution is 2.23. The summed E-state index contributed by atoms with van der Waals surface area (Å²) < 4.78 is 15.7. The van der Waals surface area contributed by atoms with E-state index in [1.165, 1.54) is 7.11 Å². The molecule has 0 spiro atoms. The Balaban J connectivity index is 2.37. The molecule has 0 radical (unpaired) electrons. The van der Waals surface area contributed by atoms with Crippen molar-refractivity contribution in [3.63, 3.8) is 0 Å². The number of nitrogens with zero attached hydrogens (tertiary/aromatic N) is 1. The van der Waals surface area contributed by atoms with Crippen molar-refractivity contribution in [2.75, 3.05) is 25.7 Å². The van der Waals surface area contributed by atoms with Crippen molar-refractivity contribution in [3.8, 4) is 0 Å². The van der Waals surface area contributed by atoms with Gasteiger partial charge in [0.25, 0.3) is 0 Å². The molecule has 1 fully saturated rings. The molecule has 0 aromatic heterocycles. The van der Waals surface area contributed by atoms with Crippen LogP contribution in [0.15, 0.2) is 0 Å². The number of rotatable bonds is 5. The van der Waals surface area contributed by atoms with Crippen LogP contribution in [0.4, 0.5) is 0 Å². The number of likely N-dealkylation sites (tertiary alicyclic amines) is 1. The summed E-state index contributed by atoms with van der Waals surface area (Å²) in [6.45, 7) is 3.01. The minimum Gasteiger partial charge on any atom is -0.468 e. The molecule has 4 nitrogen and oxygen atoms in total. The van der Waals surface area contributed by atoms with Gasteiger partial charge < -0.3 is 4.74 Å². The van der Waals surface area contributed by atoms with E-state index in [-0.39, 0.29) is 12.0 Å². The maximum absolute atomic E-state index is 11.3. The normalized spacial score (nSPS) is 25.4. The summed E-state index contributed by atoms with van der Waals surface area (Å²) in [6.07, 6.45) is 3.46. The van der Waals surface area contributed by atoms with Gasteiger partial charge >= 0.3 is 5.97 Å². The van der Waals surface area contributed by atoms with Crippen molar-refractivity contribution in [2.45, 2.75) is 31.8 Å². The average Bonchev–Trinajstić information content (AvgIpc) is 2.12. The predicted octanol–water partition coefficient (Wildman–Crippen LogP) is 0.391. The first-order chi connectivity index (χ1) is 7.06. The van der Waals surface area contributed by atoms with E-state index in [9.17, 15) is 9.00 Å². The van der Waals surface area contributed by atoms with Crippen molar-refractivity contribution in [1.82, 2.24) is 4.90 Å². The fourth-order valence-corrected chi connectivity index (χ4v) is 2.50. The van der Waals surface area contributed by atoms with Crippen LogP contribution in [-0.4, -0.2) is 52.8 Å². The highest BCUT2D eigenvalue weighted by molar-refractivity contribution is 7.84. The zero-order chi connectivity index (χ0) is 11.4. The molecule has 1 heterocycles. The third-order valence-electron chi connectivity index (χ3n) is 2.92. The predicted molar refractivity (Wildman–Crippen MR) is 60.1 cm³/mol. The van der Waals surface area contributed by atoms with Crippen LogP contribution in [-0.2, 0) is 20.3 Å². The highest BCUT2D eigenvalue weighted by Gasteiger charge is 2.37. The molecule has 1 aliphatic rings. The number of ether oxygens (including phenoxy) is 1. The van der Waals surface area contributed by atoms with Crippen LogP contribution in [0.5, 0.6) is 0 Å². The molecule has 0 amide bonds. The van der Waals surface area contributed by atoms with E-state index in [0.29, 0.717) is 11.8 Å². The molecule has 1 rings (SSSR count). The van der Waals surface area contributed by atoms with Crippen LogP contribution in [0, 0.1) is 0 Å². The standard InChI is InChI=1S/C10H19NO3S/c1-8(5-7-15(3)13)11-6-4-9(11)10(12)14-2/h8-9H,4-7H2,1-3H3. The Morgan fingerprint density at radius 1 is 1.67 bits per heavy atom. The lowest BCUT2D eigenvalue weighted by molar-refractivity contribution is -0.153. The van der Waals surface area contributed by atoms with Gasteiger partial charge in [-0.2, -0.15) is 0 Å². The Morgan fingerprint density at radius 3 is 2.73 bits per heavy atom. The van der Waals surface area contributed by atoms with Crippen molar-refractivity contribution < 1.29 is 13.7 Å². The first kappa shape index (κ1) is 12.6. The van der Waals surface area contributed by atoms with E-state index in [4.69, 9.17) is 4.74 Å². The number of hydrogen-bond acceptors (Lipinski definition) is 4. The number of esters is 1. The molecule has 0 aliphatic carbocycles. The van der Waals surface area contributed by atoms with Gasteiger partial charge in [-0.3, -0.25) is 13.9 Å². The van der Waals surface area contributed by atoms with E-state index in [2.05, 4.69) is 11.8 Å². The smallest absolute Gasteiger partial charge is 0.323 e. The summed E-state index contributed by atoms with van der Waals surface area (Å²) >= 11 is 0. The maximum Gasteiger partial charge on any atom is 0.323 e. The third-order valence-corrected chi connectivity index (χ3v) is 3.73. The third kappa shape index (κ3) is 3.28. The van der Waals surface area contributed by atoms with Crippen LogP contribution in [0.3, 0.4) is 0 Å². The Morgan fingerprint density at radius 2 is 2.33 bits per heavy atom. The Hall–Kier alpha value is -0.420. The molecular formula is C10H19NO3S. The molecule has 88 valence electrons. The van der Waals surface area contributed by atoms with Gasteiger partial charge in [0.1, 0.15) is 6.04 Å². The maximum atomic E-state index is 11.3. The lowest BCUT2D eigenvalue weighted by Gasteiger charge is -2.43. The Kier molecular flexibility index (Phi) is 4.73. The number of carbonyl (C=O) groups excluding carboxylic acids is 1. The van der Waals surface area contributed by atoms with Crippen LogP contribution < -0.4 is 0 Å². The summed E-state index contributed by atoms with van der Waals surface area (Å²) in [5.41, 5.74) is 0. The average molecular weight is 233 g/mol. The fraction of sp³-hybridized carbons (Fsp3) is 0.900. The molecule has 3 atom stereocenters. The van der Waals surface area contributed by atoms with Crippen LogP contribution in [0.25, 0.3) is 0 Å². The van der Waals surface area contributed by atoms with E-state index in [1.54, 1.807) is 6.26 Å². The molecule has 0 bridgehead atoms. The van der Waals surface area contributed by atoms with Gasteiger partial charge in [-0.1, -0.05) is 0 Å². The molecule has 1 saturated heterocycles. The Labute approximate surface area is 93.4 Å². The van der Waals surface area contributed by atoms with Crippen LogP contribution >= 0.6 is 0 Å². The topological polar surface area (TPSA) is 46.6 Å². The monoisotopic (exact) mass is 233 g/mol. The van der Waals surface area contributed by atoms with Gasteiger partial charge in [-0.05, 0) is 19.8 Å². The van der Waals surface area contributed by atoms with Gasteiger partial charge in [0.2, 0.25) is 0 Å². The molecule has 3 unspecified atom stereocenters. The van der Waals surface area contributed by atoms with Crippen LogP contribution in [0.1, 0.15) is 19.8 Å². The summed E-state index contributed by atoms with van der Waals surface area (Å²) in [5, 5.41) is 0. The van der Waals surface area contributed by atoms with Crippen molar-refractivity contribution in [3.05, 3.63) is 0 Å². The molecule has 0 saturated carbocycles. The largest absolute Gasteiger partial charge is 0.468 e. The molecule has 1 aliphatic heterocycles. The lowest BCUT2D eigenvalue weighted by atomic mass is 9.99. The number of methoxy groups -OCH3 is 1. The second-order valence-electron chi connectivity index (χ2n) is 3.98. The van der Waals surface area contributed by atoms with Gasteiger partial charge in [0.05, 0.1) is 7.11 Å². The quantitative estimate of drug-likeness (QED) is 0.645. The van der Waals surface area contributed by atoms with E-state index in [0.717, 1.165) is 19.4 Å². The van der Waals surface area contributed by atoms with Crippen molar-refractivity contribution >= 4 is 16.8 Å². The SMILES string of the molecule is COC(=O)C1CCN1C(C)CCS(C)=O. The fourth-order valence-electron chi connectivity index (χ4n) is 1.83. The van der Waals surface area contributed by atoms with E-state index < -0.39 is 10.8 Å². The van der Waals surface area contributed by atoms with Gasteiger partial charge in [-0.25, -0.2) is 0 Å².